The molecule has 1 aliphatic carbocycles. The van der Waals surface area contributed by atoms with Crippen LogP contribution in [0.2, 0.25) is 0 Å². The van der Waals surface area contributed by atoms with Crippen molar-refractivity contribution in [2.45, 2.75) is 26.2 Å². The van der Waals surface area contributed by atoms with Crippen LogP contribution in [-0.2, 0) is 0 Å². The maximum absolute atomic E-state index is 13.1. The van der Waals surface area contributed by atoms with Crippen LogP contribution in [0, 0.1) is 23.5 Å². The van der Waals surface area contributed by atoms with Crippen molar-refractivity contribution in [2.75, 3.05) is 12.3 Å². The van der Waals surface area contributed by atoms with Gasteiger partial charge in [-0.15, -0.1) is 0 Å². The number of rotatable bonds is 3. The second kappa shape index (κ2) is 5.55. The lowest BCUT2D eigenvalue weighted by Gasteiger charge is -2.16. The first kappa shape index (κ1) is 13.8. The van der Waals surface area contributed by atoms with Gasteiger partial charge < -0.3 is 11.1 Å². The molecule has 2 atom stereocenters. The molecule has 1 saturated carbocycles. The average Bonchev–Trinajstić information content (AvgIpc) is 2.76. The number of hydrogen-bond donors (Lipinski definition) is 2. The summed E-state index contributed by atoms with van der Waals surface area (Å²) in [5.41, 5.74) is 5.48. The van der Waals surface area contributed by atoms with E-state index in [0.717, 1.165) is 18.6 Å². The van der Waals surface area contributed by atoms with Gasteiger partial charge in [0.05, 0.1) is 5.56 Å². The maximum atomic E-state index is 13.1. The van der Waals surface area contributed by atoms with E-state index >= 15 is 0 Å². The lowest BCUT2D eigenvalue weighted by atomic mass is 9.98. The molecule has 104 valence electrons. The van der Waals surface area contributed by atoms with Gasteiger partial charge in [0.2, 0.25) is 0 Å². The first-order valence-electron chi connectivity index (χ1n) is 6.51. The summed E-state index contributed by atoms with van der Waals surface area (Å²) in [4.78, 5) is 11.9. The zero-order valence-corrected chi connectivity index (χ0v) is 10.9. The number of nitrogen functional groups attached to an aromatic ring is 1. The van der Waals surface area contributed by atoms with Gasteiger partial charge in [-0.2, -0.15) is 0 Å². The van der Waals surface area contributed by atoms with Crippen LogP contribution in [-0.4, -0.2) is 12.5 Å². The molecular weight excluding hydrogens is 250 g/mol. The predicted molar refractivity (Wildman–Crippen MR) is 69.6 cm³/mol. The molecule has 2 unspecified atom stereocenters. The minimum atomic E-state index is -1.06. The van der Waals surface area contributed by atoms with Crippen molar-refractivity contribution in [3.63, 3.8) is 0 Å². The Labute approximate surface area is 111 Å². The summed E-state index contributed by atoms with van der Waals surface area (Å²) in [7, 11) is 0. The highest BCUT2D eigenvalue weighted by molar-refractivity contribution is 5.99. The first-order chi connectivity index (χ1) is 8.99. The van der Waals surface area contributed by atoms with Crippen molar-refractivity contribution >= 4 is 11.6 Å². The molecule has 1 aliphatic rings. The lowest BCUT2D eigenvalue weighted by Crippen LogP contribution is -2.30. The standard InChI is InChI=1S/C14H18F2N2O/c1-8-3-2-4-9(8)7-18-14(19)10-5-11(15)12(16)6-13(10)17/h5-6,8-9H,2-4,7,17H2,1H3,(H,18,19). The summed E-state index contributed by atoms with van der Waals surface area (Å²) < 4.78 is 26.0. The fourth-order valence-electron chi connectivity index (χ4n) is 2.60. The van der Waals surface area contributed by atoms with Gasteiger partial charge in [-0.05, 0) is 24.3 Å². The highest BCUT2D eigenvalue weighted by atomic mass is 19.2. The summed E-state index contributed by atoms with van der Waals surface area (Å²) in [6, 6.07) is 1.68. The van der Waals surface area contributed by atoms with Gasteiger partial charge >= 0.3 is 0 Å². The Balaban J connectivity index is 2.02. The SMILES string of the molecule is CC1CCCC1CNC(=O)c1cc(F)c(F)cc1N. The Morgan fingerprint density at radius 1 is 1.37 bits per heavy atom. The van der Waals surface area contributed by atoms with Crippen LogP contribution in [0.5, 0.6) is 0 Å². The molecule has 3 N–H and O–H groups in total. The number of carbonyl (C=O) groups is 1. The molecule has 0 saturated heterocycles. The number of benzene rings is 1. The maximum Gasteiger partial charge on any atom is 0.253 e. The zero-order valence-electron chi connectivity index (χ0n) is 10.9. The molecule has 0 radical (unpaired) electrons. The second-order valence-corrected chi connectivity index (χ2v) is 5.23. The second-order valence-electron chi connectivity index (χ2n) is 5.23. The fourth-order valence-corrected chi connectivity index (χ4v) is 2.60. The molecule has 0 bridgehead atoms. The summed E-state index contributed by atoms with van der Waals surface area (Å²) in [5.74, 6) is -1.51. The van der Waals surface area contributed by atoms with Crippen molar-refractivity contribution in [3.8, 4) is 0 Å². The number of nitrogens with one attached hydrogen (secondary N) is 1. The molecule has 1 amide bonds. The third kappa shape index (κ3) is 3.03. The molecule has 2 rings (SSSR count). The monoisotopic (exact) mass is 268 g/mol. The third-order valence-electron chi connectivity index (χ3n) is 3.90. The quantitative estimate of drug-likeness (QED) is 0.828. The molecule has 1 aromatic carbocycles. The van der Waals surface area contributed by atoms with Gasteiger partial charge in [0.1, 0.15) is 0 Å². The van der Waals surface area contributed by atoms with Gasteiger partial charge in [-0.1, -0.05) is 19.8 Å². The van der Waals surface area contributed by atoms with Crippen molar-refractivity contribution in [3.05, 3.63) is 29.3 Å². The summed E-state index contributed by atoms with van der Waals surface area (Å²) in [5, 5.41) is 2.75. The van der Waals surface area contributed by atoms with Gasteiger partial charge in [0.25, 0.3) is 5.91 Å². The van der Waals surface area contributed by atoms with E-state index in [9.17, 15) is 13.6 Å². The fraction of sp³-hybridized carbons (Fsp3) is 0.500. The van der Waals surface area contributed by atoms with E-state index in [1.807, 2.05) is 0 Å². The van der Waals surface area contributed by atoms with Crippen LogP contribution in [0.25, 0.3) is 0 Å². The smallest absolute Gasteiger partial charge is 0.253 e. The molecule has 0 spiro atoms. The van der Waals surface area contributed by atoms with E-state index in [4.69, 9.17) is 5.73 Å². The molecular formula is C14H18F2N2O. The van der Waals surface area contributed by atoms with Crippen molar-refractivity contribution in [1.82, 2.24) is 5.32 Å². The number of hydrogen-bond acceptors (Lipinski definition) is 2. The van der Waals surface area contributed by atoms with Crippen LogP contribution < -0.4 is 11.1 Å². The molecule has 3 nitrogen and oxygen atoms in total. The Morgan fingerprint density at radius 3 is 2.68 bits per heavy atom. The number of carbonyl (C=O) groups excluding carboxylic acids is 1. The largest absolute Gasteiger partial charge is 0.398 e. The van der Waals surface area contributed by atoms with E-state index in [1.165, 1.54) is 12.8 Å². The first-order valence-corrected chi connectivity index (χ1v) is 6.51. The van der Waals surface area contributed by atoms with E-state index in [1.54, 1.807) is 0 Å². The molecule has 19 heavy (non-hydrogen) atoms. The number of anilines is 1. The lowest BCUT2D eigenvalue weighted by molar-refractivity contribution is 0.0945. The normalized spacial score (nSPS) is 22.5. The molecule has 0 heterocycles. The summed E-state index contributed by atoms with van der Waals surface area (Å²) in [6.07, 6.45) is 3.44. The van der Waals surface area contributed by atoms with Crippen molar-refractivity contribution in [2.24, 2.45) is 11.8 Å². The van der Waals surface area contributed by atoms with Gasteiger partial charge in [-0.3, -0.25) is 4.79 Å². The Kier molecular flexibility index (Phi) is 4.02. The van der Waals surface area contributed by atoms with Crippen LogP contribution in [0.1, 0.15) is 36.5 Å². The van der Waals surface area contributed by atoms with Gasteiger partial charge in [-0.25, -0.2) is 8.78 Å². The third-order valence-corrected chi connectivity index (χ3v) is 3.90. The van der Waals surface area contributed by atoms with Crippen LogP contribution in [0.4, 0.5) is 14.5 Å². The zero-order chi connectivity index (χ0) is 14.0. The molecule has 1 aromatic rings. The average molecular weight is 268 g/mol. The van der Waals surface area contributed by atoms with E-state index < -0.39 is 17.5 Å². The summed E-state index contributed by atoms with van der Waals surface area (Å²) in [6.45, 7) is 2.72. The minimum absolute atomic E-state index is 0.00968. The van der Waals surface area contributed by atoms with Crippen LogP contribution in [0.15, 0.2) is 12.1 Å². The van der Waals surface area contributed by atoms with Crippen molar-refractivity contribution in [1.29, 1.82) is 0 Å². The van der Waals surface area contributed by atoms with Crippen LogP contribution >= 0.6 is 0 Å². The van der Waals surface area contributed by atoms with E-state index in [0.29, 0.717) is 18.4 Å². The highest BCUT2D eigenvalue weighted by Crippen LogP contribution is 2.30. The predicted octanol–water partition coefficient (Wildman–Crippen LogP) is 2.71. The number of nitrogens with two attached hydrogens (primary N) is 1. The van der Waals surface area contributed by atoms with Crippen LogP contribution in [0.3, 0.4) is 0 Å². The Morgan fingerprint density at radius 2 is 2.05 bits per heavy atom. The molecule has 5 heteroatoms. The van der Waals surface area contributed by atoms with Crippen molar-refractivity contribution < 1.29 is 13.6 Å². The number of halogens is 2. The Bertz CT molecular complexity index is 491. The molecule has 0 aliphatic heterocycles. The molecule has 0 aromatic heterocycles. The Hall–Kier alpha value is -1.65. The molecule has 1 fully saturated rings. The van der Waals surface area contributed by atoms with E-state index in [-0.39, 0.29) is 11.3 Å². The van der Waals surface area contributed by atoms with Gasteiger partial charge in [0.15, 0.2) is 11.6 Å². The highest BCUT2D eigenvalue weighted by Gasteiger charge is 2.24. The minimum Gasteiger partial charge on any atom is -0.398 e. The summed E-state index contributed by atoms with van der Waals surface area (Å²) >= 11 is 0. The van der Waals surface area contributed by atoms with Gasteiger partial charge in [0, 0.05) is 18.3 Å². The topological polar surface area (TPSA) is 55.1 Å². The van der Waals surface area contributed by atoms with E-state index in [2.05, 4.69) is 12.2 Å². The number of amides is 1.